The maximum Gasteiger partial charge on any atom is 0.191 e. The molecule has 0 bridgehead atoms. The normalized spacial score (nSPS) is 27.9. The lowest BCUT2D eigenvalue weighted by Crippen LogP contribution is -2.40. The van der Waals surface area contributed by atoms with E-state index >= 15 is 0 Å². The van der Waals surface area contributed by atoms with Crippen LogP contribution in [0.2, 0.25) is 0 Å². The van der Waals surface area contributed by atoms with Gasteiger partial charge in [-0.2, -0.15) is 0 Å². The molecule has 2 atom stereocenters. The van der Waals surface area contributed by atoms with Crippen LogP contribution in [0.1, 0.15) is 42.7 Å². The Bertz CT molecular complexity index is 756. The predicted octanol–water partition coefficient (Wildman–Crippen LogP) is 1.85. The number of nitrogens with one attached hydrogen (secondary N) is 2. The highest BCUT2D eigenvalue weighted by molar-refractivity contribution is 7.91. The first-order valence-electron chi connectivity index (χ1n) is 9.42. The Labute approximate surface area is 150 Å². The molecule has 1 heterocycles. The van der Waals surface area contributed by atoms with Gasteiger partial charge in [-0.25, -0.2) is 8.42 Å². The highest BCUT2D eigenvalue weighted by atomic mass is 32.2. The summed E-state index contributed by atoms with van der Waals surface area (Å²) in [5.41, 5.74) is 2.93. The molecule has 1 saturated carbocycles. The molecule has 0 radical (unpaired) electrons. The third kappa shape index (κ3) is 4.35. The Balaban J connectivity index is 1.36. The summed E-state index contributed by atoms with van der Waals surface area (Å²) in [6.45, 7) is 1.49. The van der Waals surface area contributed by atoms with Crippen molar-refractivity contribution in [2.45, 2.75) is 44.1 Å². The van der Waals surface area contributed by atoms with E-state index in [2.05, 4.69) is 34.9 Å². The van der Waals surface area contributed by atoms with Crippen molar-refractivity contribution in [3.8, 4) is 0 Å². The number of aliphatic imine (C=N–C) groups is 1. The summed E-state index contributed by atoms with van der Waals surface area (Å²) < 4.78 is 23.2. The molecule has 0 aromatic heterocycles. The molecule has 0 spiro atoms. The standard InChI is InChI=1S/C19H27N3O2S/c23-25(24)10-9-14(13-25)11-20-19(22-17-7-8-17)21-12-16-6-5-15-3-1-2-4-18(15)16/h1-4,14,16-17H,5-13H2,(H2,20,21,22). The Morgan fingerprint density at radius 3 is 2.76 bits per heavy atom. The largest absolute Gasteiger partial charge is 0.356 e. The van der Waals surface area contributed by atoms with Crippen LogP contribution in [0.3, 0.4) is 0 Å². The van der Waals surface area contributed by atoms with Gasteiger partial charge >= 0.3 is 0 Å². The fraction of sp³-hybridized carbons (Fsp3) is 0.632. The van der Waals surface area contributed by atoms with Crippen molar-refractivity contribution in [2.75, 3.05) is 24.6 Å². The molecule has 1 aromatic rings. The van der Waals surface area contributed by atoms with E-state index in [4.69, 9.17) is 4.99 Å². The zero-order valence-electron chi connectivity index (χ0n) is 14.6. The molecule has 1 aliphatic heterocycles. The monoisotopic (exact) mass is 361 g/mol. The molecule has 2 fully saturated rings. The summed E-state index contributed by atoms with van der Waals surface area (Å²) >= 11 is 0. The third-order valence-corrected chi connectivity index (χ3v) is 7.36. The van der Waals surface area contributed by atoms with Gasteiger partial charge in [-0.05, 0) is 49.1 Å². The number of benzene rings is 1. The number of nitrogens with zero attached hydrogens (tertiary/aromatic N) is 1. The highest BCUT2D eigenvalue weighted by Gasteiger charge is 2.28. The van der Waals surface area contributed by atoms with Crippen LogP contribution < -0.4 is 10.6 Å². The van der Waals surface area contributed by atoms with Gasteiger partial charge in [-0.15, -0.1) is 0 Å². The van der Waals surface area contributed by atoms with E-state index in [9.17, 15) is 8.42 Å². The molecular weight excluding hydrogens is 334 g/mol. The quantitative estimate of drug-likeness (QED) is 0.620. The molecule has 25 heavy (non-hydrogen) atoms. The zero-order chi connectivity index (χ0) is 17.3. The molecule has 4 rings (SSSR count). The summed E-state index contributed by atoms with van der Waals surface area (Å²) in [7, 11) is -2.82. The minimum absolute atomic E-state index is 0.176. The summed E-state index contributed by atoms with van der Waals surface area (Å²) in [5.74, 6) is 2.19. The van der Waals surface area contributed by atoms with E-state index in [1.807, 2.05) is 0 Å². The summed E-state index contributed by atoms with van der Waals surface area (Å²) in [5, 5.41) is 6.98. The van der Waals surface area contributed by atoms with Crippen LogP contribution in [-0.2, 0) is 16.3 Å². The lowest BCUT2D eigenvalue weighted by atomic mass is 10.0. The summed E-state index contributed by atoms with van der Waals surface area (Å²) in [6, 6.07) is 9.24. The first-order chi connectivity index (χ1) is 12.1. The fourth-order valence-corrected chi connectivity index (χ4v) is 5.74. The molecular formula is C19H27N3O2S. The number of sulfone groups is 1. The number of hydrogen-bond acceptors (Lipinski definition) is 3. The lowest BCUT2D eigenvalue weighted by Gasteiger charge is -2.17. The van der Waals surface area contributed by atoms with Crippen molar-refractivity contribution >= 4 is 15.8 Å². The Hall–Kier alpha value is -1.56. The van der Waals surface area contributed by atoms with Crippen molar-refractivity contribution in [1.29, 1.82) is 0 Å². The molecule has 3 aliphatic rings. The van der Waals surface area contributed by atoms with Crippen LogP contribution in [0.4, 0.5) is 0 Å². The van der Waals surface area contributed by atoms with Crippen LogP contribution in [-0.4, -0.2) is 45.0 Å². The zero-order valence-corrected chi connectivity index (χ0v) is 15.4. The van der Waals surface area contributed by atoms with Crippen LogP contribution in [0.15, 0.2) is 29.3 Å². The predicted molar refractivity (Wildman–Crippen MR) is 101 cm³/mol. The second-order valence-electron chi connectivity index (χ2n) is 7.69. The maximum absolute atomic E-state index is 11.6. The van der Waals surface area contributed by atoms with Crippen LogP contribution in [0.25, 0.3) is 0 Å². The SMILES string of the molecule is O=S1(=O)CCC(CN=C(NCC2CCc3ccccc32)NC2CC2)C1. The van der Waals surface area contributed by atoms with Gasteiger partial charge in [0.05, 0.1) is 11.5 Å². The third-order valence-electron chi connectivity index (χ3n) is 5.53. The maximum atomic E-state index is 11.6. The van der Waals surface area contributed by atoms with E-state index < -0.39 is 9.84 Å². The second kappa shape index (κ2) is 6.98. The minimum atomic E-state index is -2.82. The Morgan fingerprint density at radius 2 is 2.00 bits per heavy atom. The number of aryl methyl sites for hydroxylation is 1. The van der Waals surface area contributed by atoms with Crippen molar-refractivity contribution in [2.24, 2.45) is 10.9 Å². The number of guanidine groups is 1. The van der Waals surface area contributed by atoms with Crippen LogP contribution in [0.5, 0.6) is 0 Å². The molecule has 0 amide bonds. The van der Waals surface area contributed by atoms with Crippen molar-refractivity contribution in [1.82, 2.24) is 10.6 Å². The van der Waals surface area contributed by atoms with E-state index in [0.29, 0.717) is 30.0 Å². The van der Waals surface area contributed by atoms with Crippen LogP contribution >= 0.6 is 0 Å². The van der Waals surface area contributed by atoms with E-state index in [1.165, 1.54) is 30.4 Å². The molecule has 2 unspecified atom stereocenters. The van der Waals surface area contributed by atoms with Gasteiger partial charge in [-0.1, -0.05) is 24.3 Å². The number of fused-ring (bicyclic) bond motifs is 1. The second-order valence-corrected chi connectivity index (χ2v) is 9.92. The fourth-order valence-electron chi connectivity index (χ4n) is 3.89. The first kappa shape index (κ1) is 16.9. The Kier molecular flexibility index (Phi) is 4.71. The number of rotatable bonds is 5. The smallest absolute Gasteiger partial charge is 0.191 e. The van der Waals surface area contributed by atoms with Crippen molar-refractivity contribution in [3.05, 3.63) is 35.4 Å². The molecule has 1 saturated heterocycles. The van der Waals surface area contributed by atoms with Gasteiger partial charge in [-0.3, -0.25) is 4.99 Å². The molecule has 6 heteroatoms. The minimum Gasteiger partial charge on any atom is -0.356 e. The first-order valence-corrected chi connectivity index (χ1v) is 11.2. The average Bonchev–Trinajstić information content (AvgIpc) is 3.21. The Morgan fingerprint density at radius 1 is 1.16 bits per heavy atom. The highest BCUT2D eigenvalue weighted by Crippen LogP contribution is 2.32. The van der Waals surface area contributed by atoms with Gasteiger partial charge in [0, 0.05) is 25.0 Å². The molecule has 2 aliphatic carbocycles. The number of hydrogen-bond donors (Lipinski definition) is 2. The summed E-state index contributed by atoms with van der Waals surface area (Å²) in [6.07, 6.45) is 5.49. The van der Waals surface area contributed by atoms with Gasteiger partial charge in [0.2, 0.25) is 0 Å². The van der Waals surface area contributed by atoms with Gasteiger partial charge in [0.25, 0.3) is 0 Å². The van der Waals surface area contributed by atoms with Crippen molar-refractivity contribution < 1.29 is 8.42 Å². The van der Waals surface area contributed by atoms with Crippen LogP contribution in [0, 0.1) is 5.92 Å². The van der Waals surface area contributed by atoms with Gasteiger partial charge < -0.3 is 10.6 Å². The van der Waals surface area contributed by atoms with Gasteiger partial charge in [0.15, 0.2) is 15.8 Å². The van der Waals surface area contributed by atoms with E-state index in [0.717, 1.165) is 25.3 Å². The molecule has 5 nitrogen and oxygen atoms in total. The van der Waals surface area contributed by atoms with Gasteiger partial charge in [0.1, 0.15) is 0 Å². The molecule has 2 N–H and O–H groups in total. The summed E-state index contributed by atoms with van der Waals surface area (Å²) in [4.78, 5) is 4.70. The van der Waals surface area contributed by atoms with E-state index in [-0.39, 0.29) is 5.92 Å². The topological polar surface area (TPSA) is 70.6 Å². The average molecular weight is 362 g/mol. The van der Waals surface area contributed by atoms with E-state index in [1.54, 1.807) is 0 Å². The lowest BCUT2D eigenvalue weighted by molar-refractivity contribution is 0.587. The molecule has 136 valence electrons. The molecule has 1 aromatic carbocycles. The van der Waals surface area contributed by atoms with Crippen molar-refractivity contribution in [3.63, 3.8) is 0 Å².